The number of fused-ring (bicyclic) bond motifs is 14. The molecular weight excluding hydrogens is 492 g/mol. The van der Waals surface area contributed by atoms with Crippen LogP contribution in [0.15, 0.2) is 42.6 Å². The first-order valence-corrected chi connectivity index (χ1v) is 12.6. The molecule has 3 amide bonds. The van der Waals surface area contributed by atoms with Crippen molar-refractivity contribution in [3.05, 3.63) is 53.9 Å². The van der Waals surface area contributed by atoms with Crippen LogP contribution in [0.3, 0.4) is 0 Å². The molecule has 2 aliphatic rings. The van der Waals surface area contributed by atoms with E-state index in [-0.39, 0.29) is 24.5 Å². The summed E-state index contributed by atoms with van der Waals surface area (Å²) in [6.07, 6.45) is 3.03. The number of hydrogen-bond donors (Lipinski definition) is 4. The van der Waals surface area contributed by atoms with Gasteiger partial charge in [-0.05, 0) is 55.0 Å². The molecule has 3 heterocycles. The van der Waals surface area contributed by atoms with Crippen LogP contribution >= 0.6 is 0 Å². The summed E-state index contributed by atoms with van der Waals surface area (Å²) in [6.45, 7) is 3.86. The van der Waals surface area contributed by atoms with Crippen LogP contribution in [-0.4, -0.2) is 66.3 Å². The summed E-state index contributed by atoms with van der Waals surface area (Å²) in [5.74, 6) is -3.33. The normalized spacial score (nSPS) is 21.0. The third-order valence-electron chi connectivity index (χ3n) is 6.25. The van der Waals surface area contributed by atoms with Crippen LogP contribution in [0, 0.1) is 5.92 Å². The largest absolute Gasteiger partial charge is 0.494 e. The smallest absolute Gasteiger partial charge is 0.376 e. The predicted octanol–water partition coefficient (Wildman–Crippen LogP) is 1.29. The molecule has 3 atom stereocenters. The number of Topliss-reactive ketones (excluding diaryl/α,β-unsaturated/α-hetero) is 1. The Morgan fingerprint density at radius 1 is 1.03 bits per heavy atom. The summed E-state index contributed by atoms with van der Waals surface area (Å²) in [7, 11) is 1.10. The Labute approximate surface area is 221 Å². The van der Waals surface area contributed by atoms with Gasteiger partial charge in [-0.25, -0.2) is 4.79 Å². The minimum absolute atomic E-state index is 0.161. The standard InChI is InChI=1S/C27H34N4O7/c1-16(2)22-26(35)29-19(23(32)27(36)37-3)7-4-5-14-38-18-11-9-17(10-12-18)15-21(25(34)31-22)30-24(33)20-8-6-13-28-20/h6,8-13,16,19,21-22,28H,4-5,7,14-15H2,1-3H3,(H,29,35)(H,30,33)(H,31,34)/t19-,21-,22-/m0/s1. The molecule has 0 aliphatic carbocycles. The van der Waals surface area contributed by atoms with Gasteiger partial charge in [0.15, 0.2) is 0 Å². The maximum atomic E-state index is 13.4. The van der Waals surface area contributed by atoms with Crippen molar-refractivity contribution in [3.8, 4) is 5.75 Å². The van der Waals surface area contributed by atoms with Gasteiger partial charge >= 0.3 is 5.97 Å². The van der Waals surface area contributed by atoms with Crippen LogP contribution in [-0.2, 0) is 30.3 Å². The van der Waals surface area contributed by atoms with Crippen molar-refractivity contribution in [2.24, 2.45) is 5.92 Å². The molecule has 2 aliphatic heterocycles. The number of carbonyl (C=O) groups excluding carboxylic acids is 5. The second-order valence-corrected chi connectivity index (χ2v) is 9.45. The first kappa shape index (κ1) is 28.4. The average Bonchev–Trinajstić information content (AvgIpc) is 3.45. The lowest BCUT2D eigenvalue weighted by atomic mass is 9.99. The molecule has 1 aromatic carbocycles. The van der Waals surface area contributed by atoms with Gasteiger partial charge in [-0.1, -0.05) is 26.0 Å². The summed E-state index contributed by atoms with van der Waals surface area (Å²) in [5, 5.41) is 8.07. The fraction of sp³-hybridized carbons (Fsp3) is 0.444. The van der Waals surface area contributed by atoms with Crippen LogP contribution in [0.25, 0.3) is 0 Å². The third-order valence-corrected chi connectivity index (χ3v) is 6.25. The van der Waals surface area contributed by atoms with Crippen molar-refractivity contribution >= 4 is 29.5 Å². The molecule has 0 spiro atoms. The lowest BCUT2D eigenvalue weighted by molar-refractivity contribution is -0.153. The van der Waals surface area contributed by atoms with Gasteiger partial charge in [-0.3, -0.25) is 19.2 Å². The van der Waals surface area contributed by atoms with E-state index >= 15 is 0 Å². The van der Waals surface area contributed by atoms with Crippen molar-refractivity contribution in [2.75, 3.05) is 13.7 Å². The summed E-state index contributed by atoms with van der Waals surface area (Å²) in [4.78, 5) is 66.8. The zero-order valence-corrected chi connectivity index (χ0v) is 21.7. The Morgan fingerprint density at radius 3 is 2.39 bits per heavy atom. The maximum Gasteiger partial charge on any atom is 0.376 e. The van der Waals surface area contributed by atoms with E-state index in [1.165, 1.54) is 0 Å². The summed E-state index contributed by atoms with van der Waals surface area (Å²) < 4.78 is 10.3. The Morgan fingerprint density at radius 2 is 1.76 bits per heavy atom. The van der Waals surface area contributed by atoms with E-state index in [1.54, 1.807) is 44.3 Å². The van der Waals surface area contributed by atoms with Crippen molar-refractivity contribution < 1.29 is 33.4 Å². The number of ketones is 1. The number of hydrogen-bond acceptors (Lipinski definition) is 7. The zero-order valence-electron chi connectivity index (χ0n) is 21.7. The van der Waals surface area contributed by atoms with E-state index in [0.29, 0.717) is 25.2 Å². The number of rotatable bonds is 5. The molecule has 4 rings (SSSR count). The summed E-state index contributed by atoms with van der Waals surface area (Å²) in [6, 6.07) is 7.28. The molecule has 38 heavy (non-hydrogen) atoms. The van der Waals surface area contributed by atoms with Crippen molar-refractivity contribution in [2.45, 2.75) is 57.7 Å². The van der Waals surface area contributed by atoms with E-state index in [2.05, 4.69) is 25.7 Å². The highest BCUT2D eigenvalue weighted by Gasteiger charge is 2.33. The van der Waals surface area contributed by atoms with Crippen LogP contribution in [0.1, 0.15) is 49.2 Å². The van der Waals surface area contributed by atoms with Crippen molar-refractivity contribution in [1.29, 1.82) is 0 Å². The van der Waals surface area contributed by atoms with Gasteiger partial charge in [-0.15, -0.1) is 0 Å². The number of carbonyl (C=O) groups is 5. The number of benzene rings is 1. The number of H-pyrrole nitrogens is 1. The second kappa shape index (κ2) is 13.4. The molecule has 0 unspecified atom stereocenters. The molecular formula is C27H34N4O7. The van der Waals surface area contributed by atoms with E-state index < -0.39 is 47.6 Å². The lowest BCUT2D eigenvalue weighted by Gasteiger charge is -2.27. The summed E-state index contributed by atoms with van der Waals surface area (Å²) >= 11 is 0. The number of ether oxygens (including phenoxy) is 2. The van der Waals surface area contributed by atoms with E-state index in [9.17, 15) is 24.0 Å². The fourth-order valence-electron chi connectivity index (χ4n) is 4.08. The van der Waals surface area contributed by atoms with Crippen molar-refractivity contribution in [3.63, 3.8) is 0 Å². The molecule has 0 saturated heterocycles. The van der Waals surface area contributed by atoms with Gasteiger partial charge in [0.1, 0.15) is 23.5 Å². The Balaban J connectivity index is 1.90. The van der Waals surface area contributed by atoms with Gasteiger partial charge in [-0.2, -0.15) is 0 Å². The first-order valence-electron chi connectivity index (χ1n) is 12.6. The van der Waals surface area contributed by atoms with Gasteiger partial charge < -0.3 is 30.4 Å². The fourth-order valence-corrected chi connectivity index (χ4v) is 4.08. The van der Waals surface area contributed by atoms with Crippen LogP contribution in [0.2, 0.25) is 0 Å². The highest BCUT2D eigenvalue weighted by atomic mass is 16.5. The van der Waals surface area contributed by atoms with Crippen LogP contribution < -0.4 is 20.7 Å². The average molecular weight is 527 g/mol. The highest BCUT2D eigenvalue weighted by Crippen LogP contribution is 2.16. The predicted molar refractivity (Wildman–Crippen MR) is 137 cm³/mol. The Bertz CT molecular complexity index is 1130. The van der Waals surface area contributed by atoms with Gasteiger partial charge in [0.2, 0.25) is 11.8 Å². The second-order valence-electron chi connectivity index (χ2n) is 9.45. The molecule has 0 radical (unpaired) electrons. The molecule has 0 fully saturated rings. The van der Waals surface area contributed by atoms with E-state index in [1.807, 2.05) is 12.1 Å². The Hall–Kier alpha value is -4.15. The number of nitrogens with one attached hydrogen (secondary N) is 4. The Kier molecular flexibility index (Phi) is 10.0. The minimum atomic E-state index is -1.12. The summed E-state index contributed by atoms with van der Waals surface area (Å²) in [5.41, 5.74) is 1.06. The number of aromatic nitrogens is 1. The number of aromatic amines is 1. The number of methoxy groups -OCH3 is 1. The van der Waals surface area contributed by atoms with E-state index in [4.69, 9.17) is 4.74 Å². The monoisotopic (exact) mass is 526 g/mol. The minimum Gasteiger partial charge on any atom is -0.494 e. The number of esters is 1. The van der Waals surface area contributed by atoms with Gasteiger partial charge in [0.05, 0.1) is 19.8 Å². The first-order chi connectivity index (χ1) is 18.2. The SMILES string of the molecule is COC(=O)C(=O)[C@@H]1CCCCOc2ccc(cc2)C[C@H](NC(=O)c2ccc[nH]2)C(=O)N[C@@H](C(C)C)C(=O)N1. The molecule has 11 heteroatoms. The van der Waals surface area contributed by atoms with Crippen molar-refractivity contribution in [1.82, 2.24) is 20.9 Å². The zero-order chi connectivity index (χ0) is 27.7. The highest BCUT2D eigenvalue weighted by molar-refractivity contribution is 6.36. The number of amides is 3. The quantitative estimate of drug-likeness (QED) is 0.338. The van der Waals surface area contributed by atoms with Gasteiger partial charge in [0.25, 0.3) is 11.7 Å². The van der Waals surface area contributed by atoms with Crippen LogP contribution in [0.4, 0.5) is 0 Å². The third kappa shape index (κ3) is 7.67. The molecule has 0 saturated carbocycles. The lowest BCUT2D eigenvalue weighted by Crippen LogP contribution is -2.58. The topological polar surface area (TPSA) is 156 Å². The van der Waals surface area contributed by atoms with Gasteiger partial charge in [0, 0.05) is 12.6 Å². The molecule has 4 N–H and O–H groups in total. The molecule has 2 aromatic rings. The molecule has 204 valence electrons. The molecule has 2 bridgehead atoms. The molecule has 1 aromatic heterocycles. The molecule has 11 nitrogen and oxygen atoms in total. The van der Waals surface area contributed by atoms with Crippen LogP contribution in [0.5, 0.6) is 5.75 Å². The van der Waals surface area contributed by atoms with E-state index in [0.717, 1.165) is 12.7 Å². The maximum absolute atomic E-state index is 13.4.